The van der Waals surface area contributed by atoms with E-state index >= 15 is 0 Å². The van der Waals surface area contributed by atoms with Crippen LogP contribution in [0.4, 0.5) is 0 Å². The molecule has 4 rings (SSSR count). The topological polar surface area (TPSA) is 50.8 Å². The number of fused-ring (bicyclic) bond motifs is 1. The summed E-state index contributed by atoms with van der Waals surface area (Å²) >= 11 is 6.16. The molecule has 0 bridgehead atoms. The zero-order valence-electron chi connectivity index (χ0n) is 15.6. The van der Waals surface area contributed by atoms with Gasteiger partial charge in [0.25, 0.3) is 0 Å². The molecule has 0 aromatic heterocycles. The zero-order valence-corrected chi connectivity index (χ0v) is 16.4. The molecule has 0 unspecified atom stereocenters. The second kappa shape index (κ2) is 8.67. The molecular formula is C22H23ClN2O3. The highest BCUT2D eigenvalue weighted by atomic mass is 35.5. The lowest BCUT2D eigenvalue weighted by molar-refractivity contribution is -0.116. The van der Waals surface area contributed by atoms with Crippen LogP contribution in [0.2, 0.25) is 5.02 Å². The summed E-state index contributed by atoms with van der Waals surface area (Å²) in [6.45, 7) is 4.06. The number of hydrogen-bond acceptors (Lipinski definition) is 4. The molecule has 1 saturated heterocycles. The van der Waals surface area contributed by atoms with Gasteiger partial charge < -0.3 is 14.8 Å². The summed E-state index contributed by atoms with van der Waals surface area (Å²) in [6, 6.07) is 12.0. The Bertz CT molecular complexity index is 874. The van der Waals surface area contributed by atoms with Crippen LogP contribution >= 0.6 is 11.6 Å². The number of amides is 1. The van der Waals surface area contributed by atoms with Gasteiger partial charge in [0.1, 0.15) is 0 Å². The number of ether oxygens (including phenoxy) is 2. The van der Waals surface area contributed by atoms with Crippen molar-refractivity contribution in [3.8, 4) is 11.5 Å². The van der Waals surface area contributed by atoms with Gasteiger partial charge in [0.05, 0.1) is 5.02 Å². The average Bonchev–Trinajstić information content (AvgIpc) is 3.38. The normalized spacial score (nSPS) is 16.0. The van der Waals surface area contributed by atoms with Crippen LogP contribution in [-0.2, 0) is 17.9 Å². The molecule has 0 atom stereocenters. The van der Waals surface area contributed by atoms with Crippen LogP contribution in [0.3, 0.4) is 0 Å². The fraction of sp³-hybridized carbons (Fsp3) is 0.318. The summed E-state index contributed by atoms with van der Waals surface area (Å²) in [5.41, 5.74) is 3.19. The molecule has 2 aromatic rings. The Morgan fingerprint density at radius 2 is 1.86 bits per heavy atom. The molecule has 28 heavy (non-hydrogen) atoms. The van der Waals surface area contributed by atoms with E-state index in [9.17, 15) is 4.79 Å². The molecule has 0 spiro atoms. The molecule has 5 nitrogen and oxygen atoms in total. The lowest BCUT2D eigenvalue weighted by Gasteiger charge is -2.14. The van der Waals surface area contributed by atoms with E-state index in [1.54, 1.807) is 18.2 Å². The van der Waals surface area contributed by atoms with Crippen LogP contribution in [-0.4, -0.2) is 30.7 Å². The summed E-state index contributed by atoms with van der Waals surface area (Å²) in [5, 5.41) is 3.38. The first-order chi connectivity index (χ1) is 13.7. The maximum absolute atomic E-state index is 12.1. The minimum absolute atomic E-state index is 0.157. The first-order valence-electron chi connectivity index (χ1n) is 9.52. The molecule has 2 heterocycles. The Kier molecular flexibility index (Phi) is 5.84. The van der Waals surface area contributed by atoms with E-state index < -0.39 is 0 Å². The van der Waals surface area contributed by atoms with Crippen molar-refractivity contribution in [2.75, 3.05) is 19.9 Å². The summed E-state index contributed by atoms with van der Waals surface area (Å²) in [4.78, 5) is 14.6. The Labute approximate surface area is 169 Å². The quantitative estimate of drug-likeness (QED) is 0.747. The van der Waals surface area contributed by atoms with Gasteiger partial charge in [-0.05, 0) is 60.8 Å². The number of benzene rings is 2. The first kappa shape index (κ1) is 18.8. The smallest absolute Gasteiger partial charge is 0.244 e. The largest absolute Gasteiger partial charge is 0.454 e. The highest BCUT2D eigenvalue weighted by Crippen LogP contribution is 2.40. The molecule has 0 aliphatic carbocycles. The number of rotatable bonds is 6. The number of carbonyl (C=O) groups excluding carboxylic acids is 1. The molecular weight excluding hydrogens is 376 g/mol. The number of likely N-dealkylation sites (tertiary alicyclic amines) is 1. The van der Waals surface area contributed by atoms with Crippen molar-refractivity contribution in [2.45, 2.75) is 25.9 Å². The molecule has 2 aromatic carbocycles. The van der Waals surface area contributed by atoms with Gasteiger partial charge in [0.2, 0.25) is 12.7 Å². The van der Waals surface area contributed by atoms with Crippen LogP contribution in [0.1, 0.15) is 29.5 Å². The molecule has 6 heteroatoms. The monoisotopic (exact) mass is 398 g/mol. The molecule has 1 N–H and O–H groups in total. The minimum Gasteiger partial charge on any atom is -0.454 e. The number of hydrogen-bond donors (Lipinski definition) is 1. The van der Waals surface area contributed by atoms with Crippen molar-refractivity contribution < 1.29 is 14.3 Å². The maximum atomic E-state index is 12.1. The van der Waals surface area contributed by atoms with E-state index in [1.807, 2.05) is 0 Å². The van der Waals surface area contributed by atoms with E-state index in [0.717, 1.165) is 17.7 Å². The van der Waals surface area contributed by atoms with E-state index in [0.29, 0.717) is 23.1 Å². The summed E-state index contributed by atoms with van der Waals surface area (Å²) in [6.07, 6.45) is 5.81. The molecule has 1 amide bonds. The number of halogens is 1. The Hall–Kier alpha value is -2.50. The van der Waals surface area contributed by atoms with Gasteiger partial charge in [-0.2, -0.15) is 0 Å². The van der Waals surface area contributed by atoms with E-state index in [4.69, 9.17) is 21.1 Å². The Balaban J connectivity index is 1.28. The molecule has 0 saturated carbocycles. The van der Waals surface area contributed by atoms with E-state index in [2.05, 4.69) is 34.5 Å². The number of carbonyl (C=O) groups is 1. The third kappa shape index (κ3) is 4.66. The van der Waals surface area contributed by atoms with Crippen LogP contribution in [0.5, 0.6) is 11.5 Å². The maximum Gasteiger partial charge on any atom is 0.244 e. The molecule has 146 valence electrons. The van der Waals surface area contributed by atoms with Gasteiger partial charge >= 0.3 is 0 Å². The van der Waals surface area contributed by atoms with Crippen LogP contribution in [0, 0.1) is 0 Å². The van der Waals surface area contributed by atoms with E-state index in [-0.39, 0.29) is 12.7 Å². The van der Waals surface area contributed by atoms with Gasteiger partial charge in [0, 0.05) is 19.2 Å². The van der Waals surface area contributed by atoms with Crippen molar-refractivity contribution >= 4 is 23.6 Å². The van der Waals surface area contributed by atoms with Crippen molar-refractivity contribution in [1.82, 2.24) is 10.2 Å². The van der Waals surface area contributed by atoms with Gasteiger partial charge in [-0.3, -0.25) is 9.69 Å². The number of nitrogens with one attached hydrogen (secondary N) is 1. The highest BCUT2D eigenvalue weighted by molar-refractivity contribution is 6.32. The minimum atomic E-state index is -0.157. The third-order valence-electron chi connectivity index (χ3n) is 4.97. The van der Waals surface area contributed by atoms with Crippen LogP contribution in [0.15, 0.2) is 42.5 Å². The number of nitrogens with zero attached hydrogens (tertiary/aromatic N) is 1. The fourth-order valence-corrected chi connectivity index (χ4v) is 3.74. The molecule has 1 fully saturated rings. The lowest BCUT2D eigenvalue weighted by atomic mass is 10.1. The van der Waals surface area contributed by atoms with Gasteiger partial charge in [0.15, 0.2) is 11.5 Å². The first-order valence-corrected chi connectivity index (χ1v) is 9.90. The summed E-state index contributed by atoms with van der Waals surface area (Å²) in [5.74, 6) is 0.993. The molecule has 0 radical (unpaired) electrons. The van der Waals surface area contributed by atoms with Crippen molar-refractivity contribution in [3.05, 3.63) is 64.2 Å². The summed E-state index contributed by atoms with van der Waals surface area (Å²) in [7, 11) is 0. The van der Waals surface area contributed by atoms with Crippen LogP contribution in [0.25, 0.3) is 6.08 Å². The standard InChI is InChI=1S/C22H23ClN2O3/c23-19-11-18(12-20-22(19)28-15-27-20)7-8-21(26)24-13-16-3-5-17(6-4-16)14-25-9-1-2-10-25/h3-8,11-12H,1-2,9-10,13-15H2,(H,24,26)/b8-7+. The van der Waals surface area contributed by atoms with Gasteiger partial charge in [-0.1, -0.05) is 35.9 Å². The van der Waals surface area contributed by atoms with Gasteiger partial charge in [-0.25, -0.2) is 0 Å². The lowest BCUT2D eigenvalue weighted by Crippen LogP contribution is -2.20. The predicted molar refractivity (Wildman–Crippen MR) is 109 cm³/mol. The van der Waals surface area contributed by atoms with Crippen molar-refractivity contribution in [3.63, 3.8) is 0 Å². The second-order valence-electron chi connectivity index (χ2n) is 7.09. The average molecular weight is 399 g/mol. The second-order valence-corrected chi connectivity index (χ2v) is 7.49. The van der Waals surface area contributed by atoms with Gasteiger partial charge in [-0.15, -0.1) is 0 Å². The molecule has 2 aliphatic heterocycles. The van der Waals surface area contributed by atoms with Crippen LogP contribution < -0.4 is 14.8 Å². The SMILES string of the molecule is O=C(/C=C/c1cc(Cl)c2c(c1)OCO2)NCc1ccc(CN2CCCC2)cc1. The van der Waals surface area contributed by atoms with Crippen molar-refractivity contribution in [1.29, 1.82) is 0 Å². The fourth-order valence-electron chi connectivity index (χ4n) is 3.47. The summed E-state index contributed by atoms with van der Waals surface area (Å²) < 4.78 is 10.6. The highest BCUT2D eigenvalue weighted by Gasteiger charge is 2.17. The molecule has 2 aliphatic rings. The van der Waals surface area contributed by atoms with E-state index in [1.165, 1.54) is 37.6 Å². The van der Waals surface area contributed by atoms with Crippen molar-refractivity contribution in [2.24, 2.45) is 0 Å². The Morgan fingerprint density at radius 3 is 2.64 bits per heavy atom. The Morgan fingerprint density at radius 1 is 1.11 bits per heavy atom. The predicted octanol–water partition coefficient (Wildman–Crippen LogP) is 3.99. The zero-order chi connectivity index (χ0) is 19.3. The third-order valence-corrected chi connectivity index (χ3v) is 5.25.